The van der Waals surface area contributed by atoms with E-state index in [0.29, 0.717) is 5.78 Å². The first-order chi connectivity index (χ1) is 14.2. The standard InChI is InChI=1S/C28H55NO/c1-7-8-9-10-11-12-13-14-15-16-17-18-19-20-21-22-26(30)25-23-24-27(2,3)29(6)28(25,4)5/h25H,7-24H2,1-6H3. The predicted molar refractivity (Wildman–Crippen MR) is 133 cm³/mol. The van der Waals surface area contributed by atoms with E-state index in [1.807, 2.05) is 0 Å². The molecule has 0 radical (unpaired) electrons. The number of unbranched alkanes of at least 4 members (excludes halogenated alkanes) is 14. The topological polar surface area (TPSA) is 20.3 Å². The molecule has 1 aliphatic heterocycles. The summed E-state index contributed by atoms with van der Waals surface area (Å²) in [5, 5.41) is 0. The molecule has 0 N–H and O–H groups in total. The highest BCUT2D eigenvalue weighted by molar-refractivity contribution is 5.82. The van der Waals surface area contributed by atoms with Crippen LogP contribution in [0.5, 0.6) is 0 Å². The summed E-state index contributed by atoms with van der Waals surface area (Å²) in [4.78, 5) is 15.3. The Morgan fingerprint density at radius 1 is 0.733 bits per heavy atom. The average Bonchev–Trinajstić information content (AvgIpc) is 2.69. The smallest absolute Gasteiger partial charge is 0.137 e. The van der Waals surface area contributed by atoms with Gasteiger partial charge in [0.15, 0.2) is 0 Å². The Balaban J connectivity index is 1.99. The molecule has 0 spiro atoms. The van der Waals surface area contributed by atoms with Crippen LogP contribution in [0.4, 0.5) is 0 Å². The van der Waals surface area contributed by atoms with E-state index >= 15 is 0 Å². The Kier molecular flexibility index (Phi) is 13.5. The number of hydrogen-bond donors (Lipinski definition) is 0. The largest absolute Gasteiger partial charge is 0.299 e. The lowest BCUT2D eigenvalue weighted by atomic mass is 9.70. The van der Waals surface area contributed by atoms with Crippen molar-refractivity contribution in [2.24, 2.45) is 5.92 Å². The molecule has 2 nitrogen and oxygen atoms in total. The molecule has 178 valence electrons. The third kappa shape index (κ3) is 9.84. The van der Waals surface area contributed by atoms with E-state index in [0.717, 1.165) is 25.7 Å². The van der Waals surface area contributed by atoms with Gasteiger partial charge < -0.3 is 0 Å². The summed E-state index contributed by atoms with van der Waals surface area (Å²) in [6, 6.07) is 0. The van der Waals surface area contributed by atoms with Crippen LogP contribution in [-0.2, 0) is 4.79 Å². The SMILES string of the molecule is CCCCCCCCCCCCCCCCCC(=O)C1CCC(C)(C)N(C)C1(C)C. The fraction of sp³-hybridized carbons (Fsp3) is 0.964. The number of carbonyl (C=O) groups excluding carboxylic acids is 1. The Bertz CT molecular complexity index is 454. The first kappa shape index (κ1) is 27.7. The first-order valence-electron chi connectivity index (χ1n) is 13.5. The zero-order valence-corrected chi connectivity index (χ0v) is 21.7. The van der Waals surface area contributed by atoms with Crippen LogP contribution in [0.2, 0.25) is 0 Å². The minimum Gasteiger partial charge on any atom is -0.299 e. The normalized spacial score (nSPS) is 21.1. The lowest BCUT2D eigenvalue weighted by molar-refractivity contribution is -0.134. The number of carbonyl (C=O) groups is 1. The molecule has 0 aromatic carbocycles. The van der Waals surface area contributed by atoms with Crippen molar-refractivity contribution >= 4 is 5.78 Å². The van der Waals surface area contributed by atoms with Crippen LogP contribution in [-0.4, -0.2) is 28.8 Å². The molecule has 0 aromatic heterocycles. The molecule has 1 atom stereocenters. The van der Waals surface area contributed by atoms with Gasteiger partial charge in [0.1, 0.15) is 5.78 Å². The minimum absolute atomic E-state index is 0.0195. The molecule has 1 saturated heterocycles. The number of rotatable bonds is 17. The van der Waals surface area contributed by atoms with Gasteiger partial charge in [0.05, 0.1) is 0 Å². The van der Waals surface area contributed by atoms with Gasteiger partial charge in [0.25, 0.3) is 0 Å². The molecule has 1 heterocycles. The fourth-order valence-electron chi connectivity index (χ4n) is 5.43. The number of Topliss-reactive ketones (excluding diaryl/α,β-unsaturated/α-hetero) is 1. The molecule has 0 aliphatic carbocycles. The van der Waals surface area contributed by atoms with Crippen LogP contribution in [0.3, 0.4) is 0 Å². The van der Waals surface area contributed by atoms with E-state index in [9.17, 15) is 4.79 Å². The van der Waals surface area contributed by atoms with E-state index in [-0.39, 0.29) is 17.0 Å². The molecule has 2 heteroatoms. The summed E-state index contributed by atoms with van der Waals surface area (Å²) in [6.07, 6.45) is 23.6. The van der Waals surface area contributed by atoms with E-state index in [4.69, 9.17) is 0 Å². The molecule has 0 saturated carbocycles. The molecule has 1 rings (SSSR count). The minimum atomic E-state index is -0.0195. The number of likely N-dealkylation sites (tertiary alicyclic amines) is 1. The Labute approximate surface area is 190 Å². The maximum absolute atomic E-state index is 12.9. The summed E-state index contributed by atoms with van der Waals surface area (Å²) >= 11 is 0. The molecular weight excluding hydrogens is 366 g/mol. The monoisotopic (exact) mass is 421 g/mol. The van der Waals surface area contributed by atoms with Crippen LogP contribution >= 0.6 is 0 Å². The summed E-state index contributed by atoms with van der Waals surface area (Å²) in [5.74, 6) is 0.721. The van der Waals surface area contributed by atoms with Crippen molar-refractivity contribution in [3.8, 4) is 0 Å². The van der Waals surface area contributed by atoms with Crippen molar-refractivity contribution in [3.63, 3.8) is 0 Å². The third-order valence-electron chi connectivity index (χ3n) is 8.09. The van der Waals surface area contributed by atoms with Gasteiger partial charge in [0.2, 0.25) is 0 Å². The lowest BCUT2D eigenvalue weighted by Gasteiger charge is -2.54. The number of nitrogens with zero attached hydrogens (tertiary/aromatic N) is 1. The van der Waals surface area contributed by atoms with Crippen molar-refractivity contribution in [3.05, 3.63) is 0 Å². The van der Waals surface area contributed by atoms with Gasteiger partial charge in [0, 0.05) is 23.4 Å². The van der Waals surface area contributed by atoms with Crippen LogP contribution < -0.4 is 0 Å². The van der Waals surface area contributed by atoms with E-state index in [1.54, 1.807) is 0 Å². The van der Waals surface area contributed by atoms with E-state index in [1.165, 1.54) is 89.9 Å². The first-order valence-corrected chi connectivity index (χ1v) is 13.5. The molecule has 0 bridgehead atoms. The Morgan fingerprint density at radius 2 is 1.13 bits per heavy atom. The summed E-state index contributed by atoms with van der Waals surface area (Å²) in [6.45, 7) is 11.4. The lowest BCUT2D eigenvalue weighted by Crippen LogP contribution is -2.62. The average molecular weight is 422 g/mol. The van der Waals surface area contributed by atoms with E-state index in [2.05, 4.69) is 46.6 Å². The zero-order valence-electron chi connectivity index (χ0n) is 21.7. The van der Waals surface area contributed by atoms with Crippen molar-refractivity contribution in [1.29, 1.82) is 0 Å². The number of piperidine rings is 1. The fourth-order valence-corrected chi connectivity index (χ4v) is 5.43. The van der Waals surface area contributed by atoms with Gasteiger partial charge in [-0.3, -0.25) is 9.69 Å². The van der Waals surface area contributed by atoms with Gasteiger partial charge in [-0.25, -0.2) is 0 Å². The molecule has 1 aliphatic rings. The second-order valence-corrected chi connectivity index (χ2v) is 11.3. The van der Waals surface area contributed by atoms with Crippen LogP contribution in [0.15, 0.2) is 0 Å². The van der Waals surface area contributed by atoms with Crippen molar-refractivity contribution < 1.29 is 4.79 Å². The summed E-state index contributed by atoms with van der Waals surface area (Å²) < 4.78 is 0. The number of ketones is 1. The second kappa shape index (κ2) is 14.6. The highest BCUT2D eigenvalue weighted by atomic mass is 16.1. The van der Waals surface area contributed by atoms with Gasteiger partial charge >= 0.3 is 0 Å². The molecule has 1 unspecified atom stereocenters. The summed E-state index contributed by atoms with van der Waals surface area (Å²) in [7, 11) is 2.20. The molecule has 0 aromatic rings. The molecule has 30 heavy (non-hydrogen) atoms. The second-order valence-electron chi connectivity index (χ2n) is 11.3. The van der Waals surface area contributed by atoms with Gasteiger partial charge in [-0.15, -0.1) is 0 Å². The third-order valence-corrected chi connectivity index (χ3v) is 8.09. The van der Waals surface area contributed by atoms with Crippen LogP contribution in [0.25, 0.3) is 0 Å². The maximum Gasteiger partial charge on any atom is 0.137 e. The van der Waals surface area contributed by atoms with Crippen molar-refractivity contribution in [2.75, 3.05) is 7.05 Å². The Morgan fingerprint density at radius 3 is 1.57 bits per heavy atom. The van der Waals surface area contributed by atoms with Crippen molar-refractivity contribution in [2.45, 2.75) is 161 Å². The highest BCUT2D eigenvalue weighted by Crippen LogP contribution is 2.41. The summed E-state index contributed by atoms with van der Waals surface area (Å²) in [5.41, 5.74) is 0.184. The maximum atomic E-state index is 12.9. The highest BCUT2D eigenvalue weighted by Gasteiger charge is 2.47. The van der Waals surface area contributed by atoms with E-state index < -0.39 is 0 Å². The predicted octanol–water partition coefficient (Wildman–Crippen LogP) is 8.72. The Hall–Kier alpha value is -0.370. The molecule has 0 amide bonds. The molecule has 1 fully saturated rings. The van der Waals surface area contributed by atoms with Crippen LogP contribution in [0.1, 0.15) is 150 Å². The van der Waals surface area contributed by atoms with Crippen molar-refractivity contribution in [1.82, 2.24) is 4.90 Å². The van der Waals surface area contributed by atoms with Gasteiger partial charge in [-0.1, -0.05) is 96.8 Å². The zero-order chi connectivity index (χ0) is 22.5. The van der Waals surface area contributed by atoms with Crippen LogP contribution in [0, 0.1) is 5.92 Å². The number of hydrogen-bond acceptors (Lipinski definition) is 2. The van der Waals surface area contributed by atoms with Gasteiger partial charge in [-0.05, 0) is 54.0 Å². The van der Waals surface area contributed by atoms with Gasteiger partial charge in [-0.2, -0.15) is 0 Å². The quantitative estimate of drug-likeness (QED) is 0.219. The molecular formula is C28H55NO.